The van der Waals surface area contributed by atoms with Gasteiger partial charge in [-0.1, -0.05) is 30.3 Å². The smallest absolute Gasteiger partial charge is 0.326 e. The predicted molar refractivity (Wildman–Crippen MR) is 56.3 cm³/mol. The number of carbonyl (C=O) groups excluding carboxylic acids is 2. The number of benzene rings is 1. The molecule has 0 spiro atoms. The first-order valence-electron chi connectivity index (χ1n) is 4.91. The van der Waals surface area contributed by atoms with Gasteiger partial charge in [-0.25, -0.2) is 4.79 Å². The van der Waals surface area contributed by atoms with Gasteiger partial charge in [-0.15, -0.1) is 0 Å². The lowest BCUT2D eigenvalue weighted by Crippen LogP contribution is -2.31. The number of rotatable bonds is 3. The number of amides is 3. The summed E-state index contributed by atoms with van der Waals surface area (Å²) in [4.78, 5) is 24.3. The zero-order valence-corrected chi connectivity index (χ0v) is 8.84. The maximum Gasteiger partial charge on any atom is 0.326 e. The molecule has 0 saturated carbocycles. The van der Waals surface area contributed by atoms with Crippen LogP contribution in [-0.2, 0) is 16.1 Å². The molecular formula is C11H12N2O3. The van der Waals surface area contributed by atoms with E-state index in [4.69, 9.17) is 4.74 Å². The van der Waals surface area contributed by atoms with Crippen LogP contribution < -0.4 is 5.32 Å². The quantitative estimate of drug-likeness (QED) is 0.763. The topological polar surface area (TPSA) is 58.6 Å². The average Bonchev–Trinajstić information content (AvgIpc) is 2.58. The molecule has 3 amide bonds. The Labute approximate surface area is 93.0 Å². The fraction of sp³-hybridized carbons (Fsp3) is 0.273. The molecule has 5 heteroatoms. The highest BCUT2D eigenvalue weighted by Gasteiger charge is 2.37. The van der Waals surface area contributed by atoms with Gasteiger partial charge < -0.3 is 10.1 Å². The van der Waals surface area contributed by atoms with E-state index in [1.54, 1.807) is 0 Å². The zero-order chi connectivity index (χ0) is 11.5. The summed E-state index contributed by atoms with van der Waals surface area (Å²) in [6.07, 6.45) is -0.851. The number of carbonyl (C=O) groups is 2. The highest BCUT2D eigenvalue weighted by Crippen LogP contribution is 2.11. The van der Waals surface area contributed by atoms with Gasteiger partial charge in [0, 0.05) is 7.11 Å². The molecule has 1 aliphatic heterocycles. The van der Waals surface area contributed by atoms with Crippen molar-refractivity contribution in [2.24, 2.45) is 0 Å². The number of hydrogen-bond donors (Lipinski definition) is 1. The molecule has 0 aliphatic carbocycles. The third-order valence-corrected chi connectivity index (χ3v) is 2.41. The lowest BCUT2D eigenvalue weighted by atomic mass is 10.2. The van der Waals surface area contributed by atoms with E-state index in [1.165, 1.54) is 7.11 Å². The Morgan fingerprint density at radius 1 is 1.31 bits per heavy atom. The summed E-state index contributed by atoms with van der Waals surface area (Å²) in [5.74, 6) is -0.351. The molecule has 16 heavy (non-hydrogen) atoms. The maximum absolute atomic E-state index is 11.7. The molecular weight excluding hydrogens is 208 g/mol. The van der Waals surface area contributed by atoms with Crippen molar-refractivity contribution in [1.29, 1.82) is 0 Å². The van der Waals surface area contributed by atoms with Crippen LogP contribution in [0, 0.1) is 0 Å². The molecule has 84 valence electrons. The lowest BCUT2D eigenvalue weighted by Gasteiger charge is -2.12. The summed E-state index contributed by atoms with van der Waals surface area (Å²) in [5.41, 5.74) is 0.905. The van der Waals surface area contributed by atoms with Crippen molar-refractivity contribution < 1.29 is 14.3 Å². The van der Waals surface area contributed by atoms with E-state index < -0.39 is 12.3 Å². The van der Waals surface area contributed by atoms with Crippen LogP contribution in [0.1, 0.15) is 5.56 Å². The second-order valence-electron chi connectivity index (χ2n) is 3.48. The van der Waals surface area contributed by atoms with Gasteiger partial charge in [0.05, 0.1) is 6.54 Å². The van der Waals surface area contributed by atoms with Crippen molar-refractivity contribution in [1.82, 2.24) is 10.2 Å². The maximum atomic E-state index is 11.7. The van der Waals surface area contributed by atoms with Crippen molar-refractivity contribution >= 4 is 11.9 Å². The fourth-order valence-corrected chi connectivity index (χ4v) is 1.57. The molecule has 0 aromatic heterocycles. The van der Waals surface area contributed by atoms with E-state index in [0.717, 1.165) is 10.5 Å². The van der Waals surface area contributed by atoms with Gasteiger partial charge >= 0.3 is 6.03 Å². The van der Waals surface area contributed by atoms with Crippen LogP contribution in [0.15, 0.2) is 30.3 Å². The van der Waals surface area contributed by atoms with Crippen LogP contribution >= 0.6 is 0 Å². The monoisotopic (exact) mass is 220 g/mol. The lowest BCUT2D eigenvalue weighted by molar-refractivity contribution is -0.135. The standard InChI is InChI=1S/C11H12N2O3/c1-16-9-10(14)13(11(15)12-9)7-8-5-3-2-4-6-8/h2-6,9H,7H2,1H3,(H,12,15). The van der Waals surface area contributed by atoms with Crippen LogP contribution in [0.3, 0.4) is 0 Å². The second-order valence-corrected chi connectivity index (χ2v) is 3.48. The number of nitrogens with zero attached hydrogens (tertiary/aromatic N) is 1. The molecule has 1 aromatic rings. The average molecular weight is 220 g/mol. The minimum atomic E-state index is -0.851. The molecule has 1 heterocycles. The summed E-state index contributed by atoms with van der Waals surface area (Å²) in [7, 11) is 1.38. The molecule has 0 bridgehead atoms. The van der Waals surface area contributed by atoms with Gasteiger partial charge in [-0.2, -0.15) is 0 Å². The number of imide groups is 1. The highest BCUT2D eigenvalue weighted by molar-refractivity contribution is 6.03. The fourth-order valence-electron chi connectivity index (χ4n) is 1.57. The Kier molecular flexibility index (Phi) is 2.87. The zero-order valence-electron chi connectivity index (χ0n) is 8.84. The first-order valence-corrected chi connectivity index (χ1v) is 4.91. The molecule has 2 rings (SSSR count). The number of methoxy groups -OCH3 is 1. The van der Waals surface area contributed by atoms with E-state index in [2.05, 4.69) is 5.32 Å². The second kappa shape index (κ2) is 4.32. The molecule has 1 unspecified atom stereocenters. The largest absolute Gasteiger partial charge is 0.353 e. The molecule has 1 fully saturated rings. The van der Waals surface area contributed by atoms with E-state index in [0.29, 0.717) is 0 Å². The first-order chi connectivity index (χ1) is 7.72. The summed E-state index contributed by atoms with van der Waals surface area (Å²) in [5, 5.41) is 2.44. The Morgan fingerprint density at radius 2 is 2.00 bits per heavy atom. The normalized spacial score (nSPS) is 20.1. The Bertz CT molecular complexity index is 405. The van der Waals surface area contributed by atoms with Crippen LogP contribution in [-0.4, -0.2) is 30.2 Å². The minimum Gasteiger partial charge on any atom is -0.353 e. The van der Waals surface area contributed by atoms with Gasteiger partial charge in [0.2, 0.25) is 6.23 Å². The van der Waals surface area contributed by atoms with Gasteiger partial charge in [0.15, 0.2) is 0 Å². The summed E-state index contributed by atoms with van der Waals surface area (Å²) < 4.78 is 4.84. The number of hydrogen-bond acceptors (Lipinski definition) is 3. The van der Waals surface area contributed by atoms with Crippen LogP contribution in [0.5, 0.6) is 0 Å². The Hall–Kier alpha value is -1.88. The van der Waals surface area contributed by atoms with Crippen molar-refractivity contribution in [3.05, 3.63) is 35.9 Å². The SMILES string of the molecule is COC1NC(=O)N(Cc2ccccc2)C1=O. The molecule has 1 aromatic carbocycles. The first kappa shape index (κ1) is 10.6. The minimum absolute atomic E-state index is 0.269. The van der Waals surface area contributed by atoms with Crippen molar-refractivity contribution in [2.75, 3.05) is 7.11 Å². The molecule has 1 atom stereocenters. The third-order valence-electron chi connectivity index (χ3n) is 2.41. The van der Waals surface area contributed by atoms with Crippen LogP contribution in [0.25, 0.3) is 0 Å². The number of urea groups is 1. The van der Waals surface area contributed by atoms with Crippen molar-refractivity contribution in [2.45, 2.75) is 12.8 Å². The van der Waals surface area contributed by atoms with E-state index in [1.807, 2.05) is 30.3 Å². The van der Waals surface area contributed by atoms with E-state index in [-0.39, 0.29) is 12.5 Å². The molecule has 1 aliphatic rings. The van der Waals surface area contributed by atoms with Crippen LogP contribution in [0.2, 0.25) is 0 Å². The molecule has 5 nitrogen and oxygen atoms in total. The van der Waals surface area contributed by atoms with Gasteiger partial charge in [0.25, 0.3) is 5.91 Å². The van der Waals surface area contributed by atoms with Gasteiger partial charge in [-0.05, 0) is 5.56 Å². The summed E-state index contributed by atoms with van der Waals surface area (Å²) >= 11 is 0. The molecule has 1 saturated heterocycles. The Balaban J connectivity index is 2.11. The van der Waals surface area contributed by atoms with E-state index >= 15 is 0 Å². The Morgan fingerprint density at radius 3 is 2.56 bits per heavy atom. The molecule has 0 radical (unpaired) electrons. The number of nitrogens with one attached hydrogen (secondary N) is 1. The van der Waals surface area contributed by atoms with Gasteiger partial charge in [0.1, 0.15) is 0 Å². The molecule has 1 N–H and O–H groups in total. The summed E-state index contributed by atoms with van der Waals surface area (Å²) in [6.45, 7) is 0.269. The van der Waals surface area contributed by atoms with Crippen molar-refractivity contribution in [3.63, 3.8) is 0 Å². The number of ether oxygens (including phenoxy) is 1. The van der Waals surface area contributed by atoms with Crippen molar-refractivity contribution in [3.8, 4) is 0 Å². The van der Waals surface area contributed by atoms with Crippen LogP contribution in [0.4, 0.5) is 4.79 Å². The summed E-state index contributed by atoms with van der Waals surface area (Å²) in [6, 6.07) is 8.92. The third kappa shape index (κ3) is 1.90. The van der Waals surface area contributed by atoms with Gasteiger partial charge in [-0.3, -0.25) is 9.69 Å². The predicted octanol–water partition coefficient (Wildman–Crippen LogP) is 0.711. The van der Waals surface area contributed by atoms with E-state index in [9.17, 15) is 9.59 Å². The highest BCUT2D eigenvalue weighted by atomic mass is 16.5.